The lowest BCUT2D eigenvalue weighted by atomic mass is 10.2. The summed E-state index contributed by atoms with van der Waals surface area (Å²) in [5, 5.41) is 1.66. The minimum Gasteiger partial charge on any atom is -0.368 e. The molecule has 118 valence electrons. The van der Waals surface area contributed by atoms with Crippen molar-refractivity contribution in [3.05, 3.63) is 53.3 Å². The van der Waals surface area contributed by atoms with E-state index in [2.05, 4.69) is 14.8 Å². The number of halogens is 2. The highest BCUT2D eigenvalue weighted by Crippen LogP contribution is 2.31. The van der Waals surface area contributed by atoms with Gasteiger partial charge in [-0.05, 0) is 36.4 Å². The lowest BCUT2D eigenvalue weighted by Crippen LogP contribution is -2.46. The van der Waals surface area contributed by atoms with Crippen LogP contribution in [-0.4, -0.2) is 31.2 Å². The van der Waals surface area contributed by atoms with Crippen molar-refractivity contribution in [3.63, 3.8) is 0 Å². The second-order valence-corrected chi connectivity index (χ2v) is 6.98. The van der Waals surface area contributed by atoms with Crippen molar-refractivity contribution in [3.8, 4) is 0 Å². The van der Waals surface area contributed by atoms with Crippen LogP contribution in [0.3, 0.4) is 0 Å². The van der Waals surface area contributed by atoms with E-state index in [1.165, 1.54) is 11.8 Å². The molecular formula is C17H15ClFN3S. The molecule has 0 amide bonds. The van der Waals surface area contributed by atoms with Crippen LogP contribution in [0.2, 0.25) is 5.02 Å². The molecule has 0 radical (unpaired) electrons. The Bertz CT molecular complexity index is 825. The number of para-hydroxylation sites is 1. The SMILES string of the molecule is Fc1cccc2sc(N3CCN(c4ccc(Cl)cc4)CC3)nc12. The van der Waals surface area contributed by atoms with Crippen LogP contribution >= 0.6 is 22.9 Å². The van der Waals surface area contributed by atoms with Gasteiger partial charge in [-0.15, -0.1) is 0 Å². The van der Waals surface area contributed by atoms with E-state index in [1.807, 2.05) is 30.3 Å². The Balaban J connectivity index is 1.50. The minimum atomic E-state index is -0.246. The van der Waals surface area contributed by atoms with Crippen LogP contribution in [0.4, 0.5) is 15.2 Å². The predicted molar refractivity (Wildman–Crippen MR) is 95.5 cm³/mol. The predicted octanol–water partition coefficient (Wildman–Crippen LogP) is 4.42. The Morgan fingerprint density at radius 1 is 0.957 bits per heavy atom. The van der Waals surface area contributed by atoms with Crippen molar-refractivity contribution in [2.45, 2.75) is 0 Å². The summed E-state index contributed by atoms with van der Waals surface area (Å²) in [5.41, 5.74) is 1.66. The van der Waals surface area contributed by atoms with E-state index in [-0.39, 0.29) is 5.82 Å². The average Bonchev–Trinajstić information content (AvgIpc) is 3.01. The number of thiazole rings is 1. The first kappa shape index (κ1) is 14.7. The Kier molecular flexibility index (Phi) is 3.83. The molecule has 0 spiro atoms. The minimum absolute atomic E-state index is 0.246. The van der Waals surface area contributed by atoms with Crippen molar-refractivity contribution in [1.82, 2.24) is 4.98 Å². The molecule has 3 nitrogen and oxygen atoms in total. The highest BCUT2D eigenvalue weighted by molar-refractivity contribution is 7.22. The third-order valence-corrected chi connectivity index (χ3v) is 5.43. The first-order valence-electron chi connectivity index (χ1n) is 7.51. The Morgan fingerprint density at radius 3 is 2.35 bits per heavy atom. The summed E-state index contributed by atoms with van der Waals surface area (Å²) in [6.45, 7) is 3.59. The maximum Gasteiger partial charge on any atom is 0.186 e. The normalized spacial score (nSPS) is 15.4. The number of rotatable bonds is 2. The second kappa shape index (κ2) is 5.98. The molecule has 0 unspecified atom stereocenters. The third-order valence-electron chi connectivity index (χ3n) is 4.10. The first-order valence-corrected chi connectivity index (χ1v) is 8.71. The molecule has 0 saturated carbocycles. The monoisotopic (exact) mass is 347 g/mol. The molecule has 1 aliphatic heterocycles. The summed E-state index contributed by atoms with van der Waals surface area (Å²) in [7, 11) is 0. The number of aromatic nitrogens is 1. The maximum atomic E-state index is 13.8. The zero-order valence-electron chi connectivity index (χ0n) is 12.4. The first-order chi connectivity index (χ1) is 11.2. The van der Waals surface area contributed by atoms with Gasteiger partial charge in [0.25, 0.3) is 0 Å². The Labute approximate surface area is 142 Å². The number of hydrogen-bond donors (Lipinski definition) is 0. The van der Waals surface area contributed by atoms with Gasteiger partial charge in [0, 0.05) is 36.9 Å². The summed E-state index contributed by atoms with van der Waals surface area (Å²) >= 11 is 7.50. The maximum absolute atomic E-state index is 13.8. The van der Waals surface area contributed by atoms with Crippen LogP contribution in [0.15, 0.2) is 42.5 Å². The lowest BCUT2D eigenvalue weighted by molar-refractivity contribution is 0.635. The molecule has 1 aromatic heterocycles. The van der Waals surface area contributed by atoms with Crippen LogP contribution in [0, 0.1) is 5.82 Å². The summed E-state index contributed by atoms with van der Waals surface area (Å²) in [6, 6.07) is 13.0. The van der Waals surface area contributed by atoms with E-state index in [0.29, 0.717) is 5.52 Å². The quantitative estimate of drug-likeness (QED) is 0.684. The number of anilines is 2. The number of piperazine rings is 1. The highest BCUT2D eigenvalue weighted by atomic mass is 35.5. The number of hydrogen-bond acceptors (Lipinski definition) is 4. The fraction of sp³-hybridized carbons (Fsp3) is 0.235. The number of benzene rings is 2. The Hall–Kier alpha value is -1.85. The largest absolute Gasteiger partial charge is 0.368 e. The molecule has 0 N–H and O–H groups in total. The van der Waals surface area contributed by atoms with E-state index in [4.69, 9.17) is 11.6 Å². The molecule has 2 aromatic carbocycles. The average molecular weight is 348 g/mol. The molecule has 0 aliphatic carbocycles. The Morgan fingerprint density at radius 2 is 1.65 bits per heavy atom. The van der Waals surface area contributed by atoms with Gasteiger partial charge in [0.1, 0.15) is 11.3 Å². The second-order valence-electron chi connectivity index (χ2n) is 5.53. The van der Waals surface area contributed by atoms with Gasteiger partial charge in [0.2, 0.25) is 0 Å². The van der Waals surface area contributed by atoms with Crippen molar-refractivity contribution in [2.75, 3.05) is 36.0 Å². The molecule has 3 aromatic rings. The van der Waals surface area contributed by atoms with E-state index >= 15 is 0 Å². The standard InChI is InChI=1S/C17H15ClFN3S/c18-12-4-6-13(7-5-12)21-8-10-22(11-9-21)17-20-16-14(19)2-1-3-15(16)23-17/h1-7H,8-11H2. The van der Waals surface area contributed by atoms with E-state index < -0.39 is 0 Å². The van der Waals surface area contributed by atoms with Crippen molar-refractivity contribution in [2.24, 2.45) is 0 Å². The van der Waals surface area contributed by atoms with Crippen molar-refractivity contribution < 1.29 is 4.39 Å². The van der Waals surface area contributed by atoms with Crippen LogP contribution in [0.25, 0.3) is 10.2 Å². The molecule has 23 heavy (non-hydrogen) atoms. The summed E-state index contributed by atoms with van der Waals surface area (Å²) in [4.78, 5) is 9.05. The number of fused-ring (bicyclic) bond motifs is 1. The molecule has 2 heterocycles. The zero-order chi connectivity index (χ0) is 15.8. The number of nitrogens with zero attached hydrogens (tertiary/aromatic N) is 3. The molecule has 0 atom stereocenters. The van der Waals surface area contributed by atoms with E-state index in [1.54, 1.807) is 17.4 Å². The summed E-state index contributed by atoms with van der Waals surface area (Å²) in [6.07, 6.45) is 0. The van der Waals surface area contributed by atoms with Crippen molar-refractivity contribution >= 4 is 44.0 Å². The fourth-order valence-electron chi connectivity index (χ4n) is 2.85. The molecule has 0 bridgehead atoms. The molecule has 1 aliphatic rings. The van der Waals surface area contributed by atoms with Gasteiger partial charge in [-0.1, -0.05) is 29.0 Å². The fourth-order valence-corrected chi connectivity index (χ4v) is 4.00. The van der Waals surface area contributed by atoms with Crippen LogP contribution < -0.4 is 9.80 Å². The topological polar surface area (TPSA) is 19.4 Å². The summed E-state index contributed by atoms with van der Waals surface area (Å²) in [5.74, 6) is -0.246. The van der Waals surface area contributed by atoms with E-state index in [0.717, 1.165) is 41.0 Å². The van der Waals surface area contributed by atoms with Gasteiger partial charge in [0.05, 0.1) is 4.70 Å². The molecule has 1 saturated heterocycles. The smallest absolute Gasteiger partial charge is 0.186 e. The van der Waals surface area contributed by atoms with Gasteiger partial charge in [-0.25, -0.2) is 9.37 Å². The summed E-state index contributed by atoms with van der Waals surface area (Å²) < 4.78 is 14.7. The molecular weight excluding hydrogens is 333 g/mol. The van der Waals surface area contributed by atoms with Crippen LogP contribution in [0.1, 0.15) is 0 Å². The van der Waals surface area contributed by atoms with E-state index in [9.17, 15) is 4.39 Å². The van der Waals surface area contributed by atoms with Crippen molar-refractivity contribution in [1.29, 1.82) is 0 Å². The van der Waals surface area contributed by atoms with Crippen LogP contribution in [-0.2, 0) is 0 Å². The molecule has 1 fully saturated rings. The third kappa shape index (κ3) is 2.86. The van der Waals surface area contributed by atoms with Gasteiger partial charge < -0.3 is 9.80 Å². The van der Waals surface area contributed by atoms with Gasteiger partial charge in [-0.3, -0.25) is 0 Å². The van der Waals surface area contributed by atoms with Gasteiger partial charge >= 0.3 is 0 Å². The zero-order valence-corrected chi connectivity index (χ0v) is 13.9. The highest BCUT2D eigenvalue weighted by Gasteiger charge is 2.20. The molecule has 4 rings (SSSR count). The van der Waals surface area contributed by atoms with Gasteiger partial charge in [-0.2, -0.15) is 0 Å². The van der Waals surface area contributed by atoms with Gasteiger partial charge in [0.15, 0.2) is 5.13 Å². The van der Waals surface area contributed by atoms with Crippen LogP contribution in [0.5, 0.6) is 0 Å². The molecule has 6 heteroatoms. The lowest BCUT2D eigenvalue weighted by Gasteiger charge is -2.36.